The number of hydrogen-bond acceptors (Lipinski definition) is 8. The largest absolute Gasteiger partial charge is 0.381 e. The second-order valence-corrected chi connectivity index (χ2v) is 9.75. The zero-order valence-corrected chi connectivity index (χ0v) is 19.2. The number of hydrogen-bond donors (Lipinski definition) is 1. The second-order valence-electron chi connectivity index (χ2n) is 8.46. The van der Waals surface area contributed by atoms with E-state index in [1.807, 2.05) is 25.1 Å². The van der Waals surface area contributed by atoms with Crippen molar-refractivity contribution >= 4 is 28.3 Å². The van der Waals surface area contributed by atoms with Crippen molar-refractivity contribution < 1.29 is 18.8 Å². The van der Waals surface area contributed by atoms with Crippen LogP contribution < -0.4 is 5.32 Å². The van der Waals surface area contributed by atoms with E-state index in [2.05, 4.69) is 27.3 Å². The van der Waals surface area contributed by atoms with Crippen molar-refractivity contribution in [1.29, 1.82) is 0 Å². The topological polar surface area (TPSA) is 89.7 Å². The molecule has 8 nitrogen and oxygen atoms in total. The third-order valence-electron chi connectivity index (χ3n) is 6.35. The van der Waals surface area contributed by atoms with Gasteiger partial charge in [0.05, 0.1) is 47.0 Å². The third kappa shape index (κ3) is 4.30. The molecule has 1 N–H and O–H groups in total. The van der Waals surface area contributed by atoms with Crippen LogP contribution in [-0.2, 0) is 9.47 Å². The van der Waals surface area contributed by atoms with Gasteiger partial charge in [0.2, 0.25) is 0 Å². The van der Waals surface area contributed by atoms with Crippen LogP contribution in [0.5, 0.6) is 0 Å². The van der Waals surface area contributed by atoms with Crippen LogP contribution in [0.2, 0.25) is 0 Å². The fourth-order valence-corrected chi connectivity index (χ4v) is 5.45. The predicted octanol–water partition coefficient (Wildman–Crippen LogP) is 3.04. The Labute approximate surface area is 190 Å². The van der Waals surface area contributed by atoms with Crippen molar-refractivity contribution in [3.63, 3.8) is 0 Å². The summed E-state index contributed by atoms with van der Waals surface area (Å²) in [5.41, 5.74) is 2.34. The predicted molar refractivity (Wildman–Crippen MR) is 122 cm³/mol. The summed E-state index contributed by atoms with van der Waals surface area (Å²) >= 11 is 1.64. The maximum Gasteiger partial charge on any atom is 0.259 e. The number of fused-ring (bicyclic) bond motifs is 1. The molecule has 3 aromatic rings. The number of nitrogens with one attached hydrogen (secondary N) is 1. The molecule has 9 heteroatoms. The molecular formula is C23H28N4O4S. The molecule has 0 aromatic carbocycles. The van der Waals surface area contributed by atoms with E-state index in [4.69, 9.17) is 14.0 Å². The summed E-state index contributed by atoms with van der Waals surface area (Å²) in [6, 6.07) is 6.16. The minimum Gasteiger partial charge on any atom is -0.381 e. The minimum absolute atomic E-state index is 0.129. The van der Waals surface area contributed by atoms with Crippen LogP contribution in [0.1, 0.15) is 27.3 Å². The van der Waals surface area contributed by atoms with Gasteiger partial charge in [0.1, 0.15) is 0 Å². The summed E-state index contributed by atoms with van der Waals surface area (Å²) in [5.74, 6) is 0.281. The molecule has 1 amide bonds. The van der Waals surface area contributed by atoms with Crippen molar-refractivity contribution in [2.75, 3.05) is 46.1 Å². The number of morpholine rings is 1. The molecule has 0 spiro atoms. The highest BCUT2D eigenvalue weighted by atomic mass is 32.1. The van der Waals surface area contributed by atoms with Gasteiger partial charge in [-0.15, -0.1) is 11.3 Å². The summed E-state index contributed by atoms with van der Waals surface area (Å²) in [6.45, 7) is 9.20. The van der Waals surface area contributed by atoms with Gasteiger partial charge in [-0.25, -0.2) is 4.98 Å². The van der Waals surface area contributed by atoms with E-state index in [9.17, 15) is 4.79 Å². The number of aromatic nitrogens is 2. The standard InChI is InChI=1S/C23H28N4O4S/c1-14-3-4-20(32-14)18-11-17(21-15(2)26-31-23(21)25-18)22(28)24-12-19(16-5-8-30-13-16)27-6-9-29-10-7-27/h3-4,11,16,19H,5-10,12-13H2,1-2H3,(H,24,28). The Hall–Kier alpha value is -2.33. The number of carbonyl (C=O) groups excluding carboxylic acids is 1. The molecular weight excluding hydrogens is 428 g/mol. The number of ether oxygens (including phenoxy) is 2. The molecule has 5 heterocycles. The molecule has 170 valence electrons. The average molecular weight is 457 g/mol. The lowest BCUT2D eigenvalue weighted by Gasteiger charge is -2.37. The van der Waals surface area contributed by atoms with Crippen LogP contribution in [-0.4, -0.2) is 73.1 Å². The Bertz CT molecular complexity index is 1100. The quantitative estimate of drug-likeness (QED) is 0.610. The Morgan fingerprint density at radius 1 is 1.25 bits per heavy atom. The highest BCUT2D eigenvalue weighted by molar-refractivity contribution is 7.15. The van der Waals surface area contributed by atoms with Crippen LogP contribution in [0, 0.1) is 19.8 Å². The van der Waals surface area contributed by atoms with Crippen molar-refractivity contribution in [2.24, 2.45) is 5.92 Å². The van der Waals surface area contributed by atoms with Crippen LogP contribution in [0.15, 0.2) is 22.7 Å². The molecule has 0 aliphatic carbocycles. The molecule has 32 heavy (non-hydrogen) atoms. The van der Waals surface area contributed by atoms with Gasteiger partial charge in [-0.1, -0.05) is 5.16 Å². The zero-order valence-electron chi connectivity index (χ0n) is 18.4. The maximum atomic E-state index is 13.4. The highest BCUT2D eigenvalue weighted by Crippen LogP contribution is 2.31. The van der Waals surface area contributed by atoms with E-state index < -0.39 is 0 Å². The van der Waals surface area contributed by atoms with Crippen LogP contribution in [0.4, 0.5) is 0 Å². The Kier molecular flexibility index (Phi) is 6.23. The first-order valence-electron chi connectivity index (χ1n) is 11.1. The minimum atomic E-state index is -0.129. The number of amides is 1. The first-order chi connectivity index (χ1) is 15.6. The SMILES string of the molecule is Cc1ccc(-c2cc(C(=O)NCC(C3CCOC3)N3CCOCC3)c3c(C)noc3n2)s1. The van der Waals surface area contributed by atoms with Gasteiger partial charge < -0.3 is 19.3 Å². The van der Waals surface area contributed by atoms with E-state index in [-0.39, 0.29) is 11.9 Å². The summed E-state index contributed by atoms with van der Waals surface area (Å²) in [7, 11) is 0. The van der Waals surface area contributed by atoms with Crippen molar-refractivity contribution in [1.82, 2.24) is 20.4 Å². The monoisotopic (exact) mass is 456 g/mol. The molecule has 0 saturated carbocycles. The maximum absolute atomic E-state index is 13.4. The average Bonchev–Trinajstić information content (AvgIpc) is 3.56. The van der Waals surface area contributed by atoms with Crippen LogP contribution >= 0.6 is 11.3 Å². The molecule has 3 aromatic heterocycles. The third-order valence-corrected chi connectivity index (χ3v) is 7.37. The van der Waals surface area contributed by atoms with Gasteiger partial charge in [0, 0.05) is 43.1 Å². The van der Waals surface area contributed by atoms with Gasteiger partial charge in [0.15, 0.2) is 0 Å². The first-order valence-corrected chi connectivity index (χ1v) is 11.9. The van der Waals surface area contributed by atoms with Gasteiger partial charge >= 0.3 is 0 Å². The Morgan fingerprint density at radius 3 is 2.81 bits per heavy atom. The summed E-state index contributed by atoms with van der Waals surface area (Å²) in [4.78, 5) is 22.7. The first kappa shape index (κ1) is 21.5. The Balaban J connectivity index is 1.41. The van der Waals surface area contributed by atoms with Crippen molar-refractivity contribution in [3.8, 4) is 10.6 Å². The normalized spacial score (nSPS) is 20.6. The number of aryl methyl sites for hydroxylation is 2. The fraction of sp³-hybridized carbons (Fsp3) is 0.522. The molecule has 2 fully saturated rings. The fourth-order valence-electron chi connectivity index (χ4n) is 4.62. The lowest BCUT2D eigenvalue weighted by Crippen LogP contribution is -2.52. The van der Waals surface area contributed by atoms with E-state index in [0.29, 0.717) is 34.8 Å². The van der Waals surface area contributed by atoms with Gasteiger partial charge in [0.25, 0.3) is 11.6 Å². The van der Waals surface area contributed by atoms with Gasteiger partial charge in [-0.05, 0) is 38.5 Å². The van der Waals surface area contributed by atoms with Gasteiger partial charge in [-0.3, -0.25) is 9.69 Å². The van der Waals surface area contributed by atoms with Crippen molar-refractivity contribution in [2.45, 2.75) is 26.3 Å². The molecule has 0 radical (unpaired) electrons. The number of carbonyl (C=O) groups is 1. The smallest absolute Gasteiger partial charge is 0.259 e. The second kappa shape index (κ2) is 9.27. The molecule has 2 aliphatic rings. The molecule has 5 rings (SSSR count). The van der Waals surface area contributed by atoms with Gasteiger partial charge in [-0.2, -0.15) is 0 Å². The summed E-state index contributed by atoms with van der Waals surface area (Å²) < 4.78 is 16.6. The van der Waals surface area contributed by atoms with E-state index in [0.717, 1.165) is 56.5 Å². The molecule has 0 bridgehead atoms. The molecule has 2 saturated heterocycles. The number of nitrogens with zero attached hydrogens (tertiary/aromatic N) is 3. The highest BCUT2D eigenvalue weighted by Gasteiger charge is 2.32. The molecule has 2 atom stereocenters. The van der Waals surface area contributed by atoms with E-state index in [1.54, 1.807) is 11.3 Å². The number of thiophene rings is 1. The summed E-state index contributed by atoms with van der Waals surface area (Å²) in [6.07, 6.45) is 1.02. The summed E-state index contributed by atoms with van der Waals surface area (Å²) in [5, 5.41) is 7.93. The lowest BCUT2D eigenvalue weighted by molar-refractivity contribution is 0.00167. The number of pyridine rings is 1. The molecule has 2 unspecified atom stereocenters. The van der Waals surface area contributed by atoms with Crippen LogP contribution in [0.25, 0.3) is 21.7 Å². The lowest BCUT2D eigenvalue weighted by atomic mass is 9.96. The zero-order chi connectivity index (χ0) is 22.1. The van der Waals surface area contributed by atoms with E-state index >= 15 is 0 Å². The Morgan fingerprint density at radius 2 is 2.09 bits per heavy atom. The number of rotatable bonds is 6. The van der Waals surface area contributed by atoms with Crippen molar-refractivity contribution in [3.05, 3.63) is 34.3 Å². The van der Waals surface area contributed by atoms with E-state index in [1.165, 1.54) is 4.88 Å². The van der Waals surface area contributed by atoms with Crippen LogP contribution in [0.3, 0.4) is 0 Å². The molecule has 2 aliphatic heterocycles.